The van der Waals surface area contributed by atoms with Crippen LogP contribution in [0, 0.1) is 29.6 Å². The van der Waals surface area contributed by atoms with E-state index in [2.05, 4.69) is 11.8 Å². The van der Waals surface area contributed by atoms with Crippen LogP contribution in [0.1, 0.15) is 58.3 Å². The van der Waals surface area contributed by atoms with Gasteiger partial charge in [-0.3, -0.25) is 4.79 Å². The van der Waals surface area contributed by atoms with E-state index in [1.165, 1.54) is 19.3 Å². The first-order valence-electron chi connectivity index (χ1n) is 9.26. The number of fused-ring (bicyclic) bond motifs is 5. The average Bonchev–Trinajstić information content (AvgIpc) is 2.93. The minimum atomic E-state index is 0.371. The zero-order valence-electron chi connectivity index (χ0n) is 13.3. The van der Waals surface area contributed by atoms with E-state index in [1.54, 1.807) is 0 Å². The van der Waals surface area contributed by atoms with Crippen LogP contribution in [0.15, 0.2) is 0 Å². The highest BCUT2D eigenvalue weighted by atomic mass is 16.2. The molecule has 4 rings (SSSR count). The Morgan fingerprint density at radius 1 is 1.05 bits per heavy atom. The summed E-state index contributed by atoms with van der Waals surface area (Å²) < 4.78 is 0. The molecule has 4 fully saturated rings. The number of carbonyl (C=O) groups excluding carboxylic acids is 1. The Labute approximate surface area is 128 Å². The molecule has 4 atom stereocenters. The number of rotatable bonds is 4. The highest BCUT2D eigenvalue weighted by Gasteiger charge is 2.68. The van der Waals surface area contributed by atoms with Crippen LogP contribution in [0.2, 0.25) is 0 Å². The molecule has 21 heavy (non-hydrogen) atoms. The average molecular weight is 290 g/mol. The summed E-state index contributed by atoms with van der Waals surface area (Å²) in [4.78, 5) is 15.4. The van der Waals surface area contributed by atoms with E-state index in [-0.39, 0.29) is 0 Å². The van der Waals surface area contributed by atoms with Crippen LogP contribution in [0.4, 0.5) is 0 Å². The van der Waals surface area contributed by atoms with E-state index in [0.717, 1.165) is 62.3 Å². The standard InChI is InChI=1S/C18H30N2O/c1-2-9-20(14-7-5-13(19)6-8-14)18(21)17-15-11-3-4-12(10-11)16(15)17/h11-17H,2-10,19H2,1H3. The first-order valence-corrected chi connectivity index (χ1v) is 9.26. The molecule has 118 valence electrons. The third kappa shape index (κ3) is 2.23. The van der Waals surface area contributed by atoms with E-state index in [0.29, 0.717) is 23.9 Å². The first-order chi connectivity index (χ1) is 10.2. The Bertz CT molecular complexity index is 399. The Kier molecular flexibility index (Phi) is 3.52. The fourth-order valence-corrected chi connectivity index (χ4v) is 5.97. The highest BCUT2D eigenvalue weighted by molar-refractivity contribution is 5.83. The van der Waals surface area contributed by atoms with Crippen molar-refractivity contribution in [1.82, 2.24) is 4.90 Å². The fourth-order valence-electron chi connectivity index (χ4n) is 5.97. The summed E-state index contributed by atoms with van der Waals surface area (Å²) in [6, 6.07) is 0.854. The van der Waals surface area contributed by atoms with Crippen LogP contribution in [0.3, 0.4) is 0 Å². The molecule has 1 amide bonds. The zero-order valence-corrected chi connectivity index (χ0v) is 13.3. The SMILES string of the molecule is CCCN(C(=O)C1C2C3CCC(C3)C12)C1CCC(N)CC1. The number of carbonyl (C=O) groups is 1. The van der Waals surface area contributed by atoms with Gasteiger partial charge in [0.25, 0.3) is 0 Å². The third-order valence-corrected chi connectivity index (χ3v) is 6.95. The Morgan fingerprint density at radius 3 is 2.24 bits per heavy atom. The molecule has 0 aliphatic heterocycles. The number of amides is 1. The number of nitrogens with zero attached hydrogens (tertiary/aromatic N) is 1. The molecule has 4 unspecified atom stereocenters. The molecule has 4 saturated carbocycles. The van der Waals surface area contributed by atoms with Gasteiger partial charge in [-0.25, -0.2) is 0 Å². The molecule has 2 bridgehead atoms. The molecule has 0 aromatic carbocycles. The Morgan fingerprint density at radius 2 is 1.67 bits per heavy atom. The molecule has 0 aromatic heterocycles. The molecular weight excluding hydrogens is 260 g/mol. The molecule has 4 aliphatic rings. The minimum absolute atomic E-state index is 0.371. The molecule has 0 saturated heterocycles. The Balaban J connectivity index is 1.43. The van der Waals surface area contributed by atoms with Crippen molar-refractivity contribution >= 4 is 5.91 Å². The van der Waals surface area contributed by atoms with Gasteiger partial charge in [-0.05, 0) is 75.0 Å². The molecule has 0 aromatic rings. The van der Waals surface area contributed by atoms with Gasteiger partial charge in [0.15, 0.2) is 0 Å². The van der Waals surface area contributed by atoms with Crippen molar-refractivity contribution in [1.29, 1.82) is 0 Å². The maximum atomic E-state index is 13.1. The molecule has 0 heterocycles. The van der Waals surface area contributed by atoms with E-state index in [4.69, 9.17) is 5.73 Å². The van der Waals surface area contributed by atoms with Gasteiger partial charge in [-0.1, -0.05) is 6.92 Å². The van der Waals surface area contributed by atoms with Gasteiger partial charge in [-0.2, -0.15) is 0 Å². The van der Waals surface area contributed by atoms with Crippen molar-refractivity contribution in [2.45, 2.75) is 70.4 Å². The smallest absolute Gasteiger partial charge is 0.226 e. The molecular formula is C18H30N2O. The maximum Gasteiger partial charge on any atom is 0.226 e. The van der Waals surface area contributed by atoms with Gasteiger partial charge in [0.1, 0.15) is 0 Å². The van der Waals surface area contributed by atoms with Gasteiger partial charge < -0.3 is 10.6 Å². The monoisotopic (exact) mass is 290 g/mol. The quantitative estimate of drug-likeness (QED) is 0.865. The lowest BCUT2D eigenvalue weighted by Crippen LogP contribution is -2.45. The van der Waals surface area contributed by atoms with Crippen LogP contribution >= 0.6 is 0 Å². The van der Waals surface area contributed by atoms with Gasteiger partial charge in [0.05, 0.1) is 0 Å². The first kappa shape index (κ1) is 14.0. The molecule has 0 spiro atoms. The molecule has 2 N–H and O–H groups in total. The number of nitrogens with two attached hydrogens (primary N) is 1. The van der Waals surface area contributed by atoms with Crippen LogP contribution < -0.4 is 5.73 Å². The lowest BCUT2D eigenvalue weighted by Gasteiger charge is -2.36. The maximum absolute atomic E-state index is 13.1. The van der Waals surface area contributed by atoms with Crippen molar-refractivity contribution in [3.05, 3.63) is 0 Å². The van der Waals surface area contributed by atoms with Crippen molar-refractivity contribution in [2.24, 2.45) is 35.3 Å². The van der Waals surface area contributed by atoms with Crippen molar-refractivity contribution in [3.8, 4) is 0 Å². The lowest BCUT2D eigenvalue weighted by molar-refractivity contribution is -0.136. The molecule has 0 radical (unpaired) electrons. The van der Waals surface area contributed by atoms with Crippen LogP contribution in [-0.2, 0) is 4.79 Å². The number of hydrogen-bond donors (Lipinski definition) is 1. The second-order valence-corrected chi connectivity index (χ2v) is 8.11. The topological polar surface area (TPSA) is 46.3 Å². The summed E-state index contributed by atoms with van der Waals surface area (Å²) in [7, 11) is 0. The normalized spacial score (nSPS) is 47.2. The second kappa shape index (κ2) is 5.26. The van der Waals surface area contributed by atoms with Crippen LogP contribution in [0.25, 0.3) is 0 Å². The van der Waals surface area contributed by atoms with Gasteiger partial charge >= 0.3 is 0 Å². The number of hydrogen-bond acceptors (Lipinski definition) is 2. The van der Waals surface area contributed by atoms with Crippen molar-refractivity contribution in [2.75, 3.05) is 6.54 Å². The molecule has 4 aliphatic carbocycles. The summed E-state index contributed by atoms with van der Waals surface area (Å²) in [5.74, 6) is 4.29. The Hall–Kier alpha value is -0.570. The van der Waals surface area contributed by atoms with Crippen LogP contribution in [-0.4, -0.2) is 29.4 Å². The summed E-state index contributed by atoms with van der Waals surface area (Å²) >= 11 is 0. The molecule has 3 heteroatoms. The zero-order chi connectivity index (χ0) is 14.6. The molecule has 3 nitrogen and oxygen atoms in total. The van der Waals surface area contributed by atoms with Gasteiger partial charge in [-0.15, -0.1) is 0 Å². The van der Waals surface area contributed by atoms with Gasteiger partial charge in [0.2, 0.25) is 5.91 Å². The predicted octanol–water partition coefficient (Wildman–Crippen LogP) is 2.79. The minimum Gasteiger partial charge on any atom is -0.339 e. The van der Waals surface area contributed by atoms with E-state index in [1.807, 2.05) is 0 Å². The fraction of sp³-hybridized carbons (Fsp3) is 0.944. The summed E-state index contributed by atoms with van der Waals surface area (Å²) in [5.41, 5.74) is 6.04. The van der Waals surface area contributed by atoms with Gasteiger partial charge in [0, 0.05) is 24.5 Å². The lowest BCUT2D eigenvalue weighted by atomic mass is 9.90. The third-order valence-electron chi connectivity index (χ3n) is 6.95. The predicted molar refractivity (Wildman–Crippen MR) is 83.5 cm³/mol. The summed E-state index contributed by atoms with van der Waals surface area (Å²) in [5, 5.41) is 0. The van der Waals surface area contributed by atoms with Crippen molar-refractivity contribution < 1.29 is 4.79 Å². The second-order valence-electron chi connectivity index (χ2n) is 8.11. The summed E-state index contributed by atoms with van der Waals surface area (Å²) in [6.45, 7) is 3.16. The van der Waals surface area contributed by atoms with E-state index < -0.39 is 0 Å². The van der Waals surface area contributed by atoms with Crippen LogP contribution in [0.5, 0.6) is 0 Å². The van der Waals surface area contributed by atoms with Crippen molar-refractivity contribution in [3.63, 3.8) is 0 Å². The van der Waals surface area contributed by atoms with E-state index in [9.17, 15) is 4.79 Å². The summed E-state index contributed by atoms with van der Waals surface area (Å²) in [6.07, 6.45) is 9.78. The van der Waals surface area contributed by atoms with E-state index >= 15 is 0 Å². The highest BCUT2D eigenvalue weighted by Crippen LogP contribution is 2.69. The largest absolute Gasteiger partial charge is 0.339 e.